The molecule has 0 radical (unpaired) electrons. The van der Waals surface area contributed by atoms with Gasteiger partial charge in [-0.3, -0.25) is 0 Å². The Hall–Kier alpha value is -1.76. The molecule has 0 amide bonds. The Balaban J connectivity index is 2.10. The number of aromatic hydroxyl groups is 1. The Morgan fingerprint density at radius 1 is 1.06 bits per heavy atom. The molecule has 92 valence electrons. The third kappa shape index (κ3) is 1.90. The van der Waals surface area contributed by atoms with Crippen LogP contribution in [0.1, 0.15) is 36.0 Å². The molecule has 0 saturated heterocycles. The number of aryl methyl sites for hydroxylation is 1. The summed E-state index contributed by atoms with van der Waals surface area (Å²) in [5.41, 5.74) is 4.08. The number of phenolic OH excluding ortho intramolecular Hbond substituents is 1. The maximum atomic E-state index is 9.61. The van der Waals surface area contributed by atoms with Crippen LogP contribution >= 0.6 is 0 Å². The monoisotopic (exact) mass is 238 g/mol. The summed E-state index contributed by atoms with van der Waals surface area (Å²) in [6, 6.07) is 16.5. The van der Waals surface area contributed by atoms with E-state index in [1.807, 2.05) is 12.1 Å². The lowest BCUT2D eigenvalue weighted by Gasteiger charge is -2.32. The molecule has 0 bridgehead atoms. The lowest BCUT2D eigenvalue weighted by atomic mass is 9.73. The van der Waals surface area contributed by atoms with E-state index in [2.05, 4.69) is 43.3 Å². The van der Waals surface area contributed by atoms with Crippen LogP contribution in [-0.4, -0.2) is 5.11 Å². The van der Waals surface area contributed by atoms with E-state index in [4.69, 9.17) is 0 Å². The summed E-state index contributed by atoms with van der Waals surface area (Å²) in [4.78, 5) is 0. The quantitative estimate of drug-likeness (QED) is 0.792. The van der Waals surface area contributed by atoms with Gasteiger partial charge in [-0.25, -0.2) is 0 Å². The van der Waals surface area contributed by atoms with Crippen molar-refractivity contribution in [3.63, 3.8) is 0 Å². The summed E-state index contributed by atoms with van der Waals surface area (Å²) in [7, 11) is 0. The first-order chi connectivity index (χ1) is 8.75. The van der Waals surface area contributed by atoms with Gasteiger partial charge in [0.05, 0.1) is 0 Å². The van der Waals surface area contributed by atoms with Crippen LogP contribution in [0.3, 0.4) is 0 Å². The first-order valence-corrected chi connectivity index (χ1v) is 6.62. The van der Waals surface area contributed by atoms with Crippen LogP contribution in [0.2, 0.25) is 0 Å². The molecular formula is C17H18O. The second kappa shape index (κ2) is 4.49. The molecule has 1 aliphatic rings. The van der Waals surface area contributed by atoms with Gasteiger partial charge in [0.15, 0.2) is 0 Å². The molecule has 0 spiro atoms. The second-order valence-electron chi connectivity index (χ2n) is 5.29. The Morgan fingerprint density at radius 3 is 2.61 bits per heavy atom. The number of benzene rings is 2. The molecule has 2 unspecified atom stereocenters. The van der Waals surface area contributed by atoms with E-state index in [1.54, 1.807) is 0 Å². The smallest absolute Gasteiger partial charge is 0.115 e. The lowest BCUT2D eigenvalue weighted by Crippen LogP contribution is -2.19. The van der Waals surface area contributed by atoms with Crippen LogP contribution in [0, 0.1) is 5.92 Å². The predicted octanol–water partition coefficient (Wildman–Crippen LogP) is 4.11. The fourth-order valence-electron chi connectivity index (χ4n) is 3.14. The maximum Gasteiger partial charge on any atom is 0.115 e. The minimum Gasteiger partial charge on any atom is -0.508 e. The van der Waals surface area contributed by atoms with E-state index in [0.29, 0.717) is 17.6 Å². The van der Waals surface area contributed by atoms with Crippen molar-refractivity contribution in [3.05, 3.63) is 65.2 Å². The van der Waals surface area contributed by atoms with Crippen molar-refractivity contribution in [3.8, 4) is 5.75 Å². The highest BCUT2D eigenvalue weighted by molar-refractivity contribution is 5.44. The highest BCUT2D eigenvalue weighted by Gasteiger charge is 2.27. The largest absolute Gasteiger partial charge is 0.508 e. The summed E-state index contributed by atoms with van der Waals surface area (Å²) >= 11 is 0. The molecular weight excluding hydrogens is 220 g/mol. The molecule has 2 aromatic rings. The van der Waals surface area contributed by atoms with E-state index >= 15 is 0 Å². The van der Waals surface area contributed by atoms with Crippen LogP contribution in [0.4, 0.5) is 0 Å². The summed E-state index contributed by atoms with van der Waals surface area (Å²) in [5.74, 6) is 1.51. The van der Waals surface area contributed by atoms with Gasteiger partial charge in [0.1, 0.15) is 5.75 Å². The molecule has 0 fully saturated rings. The Labute approximate surface area is 108 Å². The highest BCUT2D eigenvalue weighted by atomic mass is 16.3. The standard InChI is InChI=1S/C17H18O/c1-12-7-8-14-11-15(18)9-10-16(14)17(12)13-5-3-2-4-6-13/h2-6,9-12,17-18H,7-8H2,1H3. The zero-order valence-electron chi connectivity index (χ0n) is 10.6. The summed E-state index contributed by atoms with van der Waals surface area (Å²) < 4.78 is 0. The number of hydrogen-bond acceptors (Lipinski definition) is 1. The molecule has 0 heterocycles. The van der Waals surface area contributed by atoms with Gasteiger partial charge in [-0.05, 0) is 47.6 Å². The van der Waals surface area contributed by atoms with E-state index in [-0.39, 0.29) is 0 Å². The molecule has 0 aromatic heterocycles. The van der Waals surface area contributed by atoms with Crippen LogP contribution in [0.25, 0.3) is 0 Å². The average Bonchev–Trinajstić information content (AvgIpc) is 2.40. The summed E-state index contributed by atoms with van der Waals surface area (Å²) in [6.45, 7) is 2.33. The van der Waals surface area contributed by atoms with Crippen molar-refractivity contribution in [1.29, 1.82) is 0 Å². The van der Waals surface area contributed by atoms with E-state index in [0.717, 1.165) is 6.42 Å². The molecule has 2 atom stereocenters. The number of fused-ring (bicyclic) bond motifs is 1. The summed E-state index contributed by atoms with van der Waals surface area (Å²) in [6.07, 6.45) is 2.27. The third-order valence-electron chi connectivity index (χ3n) is 4.06. The van der Waals surface area contributed by atoms with E-state index < -0.39 is 0 Å². The van der Waals surface area contributed by atoms with Crippen LogP contribution in [0.15, 0.2) is 48.5 Å². The fourth-order valence-corrected chi connectivity index (χ4v) is 3.14. The molecule has 1 nitrogen and oxygen atoms in total. The Morgan fingerprint density at radius 2 is 1.83 bits per heavy atom. The van der Waals surface area contributed by atoms with Gasteiger partial charge in [0.2, 0.25) is 0 Å². The first kappa shape index (κ1) is 11.3. The molecule has 0 saturated carbocycles. The molecule has 1 heteroatoms. The molecule has 18 heavy (non-hydrogen) atoms. The van der Waals surface area contributed by atoms with Gasteiger partial charge in [-0.15, -0.1) is 0 Å². The topological polar surface area (TPSA) is 20.2 Å². The Kier molecular flexibility index (Phi) is 2.83. The average molecular weight is 238 g/mol. The van der Waals surface area contributed by atoms with Crippen LogP contribution in [0.5, 0.6) is 5.75 Å². The molecule has 1 aliphatic carbocycles. The van der Waals surface area contributed by atoms with Gasteiger partial charge >= 0.3 is 0 Å². The van der Waals surface area contributed by atoms with Crippen molar-refractivity contribution in [1.82, 2.24) is 0 Å². The number of hydrogen-bond donors (Lipinski definition) is 1. The second-order valence-corrected chi connectivity index (χ2v) is 5.29. The van der Waals surface area contributed by atoms with Gasteiger partial charge in [-0.1, -0.05) is 43.3 Å². The van der Waals surface area contributed by atoms with Crippen molar-refractivity contribution in [2.45, 2.75) is 25.7 Å². The fraction of sp³-hybridized carbons (Fsp3) is 0.294. The van der Waals surface area contributed by atoms with E-state index in [1.165, 1.54) is 23.1 Å². The van der Waals surface area contributed by atoms with Gasteiger partial charge < -0.3 is 5.11 Å². The zero-order valence-corrected chi connectivity index (χ0v) is 10.6. The zero-order chi connectivity index (χ0) is 12.5. The molecule has 0 aliphatic heterocycles. The Bertz CT molecular complexity index is 545. The number of phenols is 1. The van der Waals surface area contributed by atoms with E-state index in [9.17, 15) is 5.11 Å². The maximum absolute atomic E-state index is 9.61. The first-order valence-electron chi connectivity index (χ1n) is 6.62. The summed E-state index contributed by atoms with van der Waals surface area (Å²) in [5, 5.41) is 9.61. The van der Waals surface area contributed by atoms with Crippen molar-refractivity contribution in [2.75, 3.05) is 0 Å². The van der Waals surface area contributed by atoms with Crippen LogP contribution in [-0.2, 0) is 6.42 Å². The predicted molar refractivity (Wildman–Crippen MR) is 73.9 cm³/mol. The van der Waals surface area contributed by atoms with Crippen molar-refractivity contribution in [2.24, 2.45) is 5.92 Å². The minimum absolute atomic E-state index is 0.384. The SMILES string of the molecule is CC1CCc2cc(O)ccc2C1c1ccccc1. The normalized spacial score (nSPS) is 22.5. The van der Waals surface area contributed by atoms with Gasteiger partial charge in [0.25, 0.3) is 0 Å². The molecule has 1 N–H and O–H groups in total. The van der Waals surface area contributed by atoms with Crippen molar-refractivity contribution < 1.29 is 5.11 Å². The molecule has 2 aromatic carbocycles. The van der Waals surface area contributed by atoms with Crippen LogP contribution < -0.4 is 0 Å². The highest BCUT2D eigenvalue weighted by Crippen LogP contribution is 2.41. The van der Waals surface area contributed by atoms with Gasteiger partial charge in [0, 0.05) is 5.92 Å². The van der Waals surface area contributed by atoms with Gasteiger partial charge in [-0.2, -0.15) is 0 Å². The number of rotatable bonds is 1. The third-order valence-corrected chi connectivity index (χ3v) is 4.06. The lowest BCUT2D eigenvalue weighted by molar-refractivity contribution is 0.439. The van der Waals surface area contributed by atoms with Crippen molar-refractivity contribution >= 4 is 0 Å². The molecule has 3 rings (SSSR count). The minimum atomic E-state index is 0.384.